The Labute approximate surface area is 126 Å². The minimum absolute atomic E-state index is 0.215. The van der Waals surface area contributed by atoms with Gasteiger partial charge in [-0.2, -0.15) is 4.98 Å². The van der Waals surface area contributed by atoms with Crippen molar-refractivity contribution in [2.45, 2.75) is 12.3 Å². The van der Waals surface area contributed by atoms with Crippen molar-refractivity contribution in [2.75, 3.05) is 5.73 Å². The summed E-state index contributed by atoms with van der Waals surface area (Å²) in [6.07, 6.45) is 0.950. The number of hydrogen-bond acceptors (Lipinski definition) is 4. The van der Waals surface area contributed by atoms with E-state index in [4.69, 9.17) is 21.9 Å². The van der Waals surface area contributed by atoms with Gasteiger partial charge < -0.3 is 10.3 Å². The number of rotatable bonds is 2. The summed E-state index contributed by atoms with van der Waals surface area (Å²) in [5.74, 6) is 1.36. The van der Waals surface area contributed by atoms with E-state index in [1.807, 2.05) is 12.1 Å². The Hall–Kier alpha value is -2.33. The van der Waals surface area contributed by atoms with Gasteiger partial charge in [-0.05, 0) is 35.7 Å². The number of hydrogen-bond donors (Lipinski definition) is 1. The first-order chi connectivity index (χ1) is 10.2. The molecule has 0 radical (unpaired) electrons. The summed E-state index contributed by atoms with van der Waals surface area (Å²) in [5.41, 5.74) is 9.82. The van der Waals surface area contributed by atoms with Crippen LogP contribution in [-0.4, -0.2) is 10.1 Å². The molecule has 1 aromatic heterocycles. The minimum Gasteiger partial charge on any atom is -0.398 e. The standard InChI is InChI=1S/C16H12ClN3O/c17-10-5-6-12(14(18)8-10)16-19-15(20-21-16)13-7-9-3-1-2-4-11(9)13/h1-6,8,13H,7,18H2. The lowest BCUT2D eigenvalue weighted by Crippen LogP contribution is -2.19. The molecule has 1 aliphatic rings. The van der Waals surface area contributed by atoms with E-state index in [0.29, 0.717) is 28.0 Å². The lowest BCUT2D eigenvalue weighted by atomic mass is 9.77. The number of nitrogens with two attached hydrogens (primary N) is 1. The molecule has 2 N–H and O–H groups in total. The summed E-state index contributed by atoms with van der Waals surface area (Å²) >= 11 is 5.90. The Morgan fingerprint density at radius 2 is 2.05 bits per heavy atom. The highest BCUT2D eigenvalue weighted by atomic mass is 35.5. The molecule has 2 aromatic carbocycles. The van der Waals surface area contributed by atoms with E-state index in [2.05, 4.69) is 22.3 Å². The summed E-state index contributed by atoms with van der Waals surface area (Å²) in [6.45, 7) is 0. The molecule has 21 heavy (non-hydrogen) atoms. The maximum absolute atomic E-state index is 5.95. The topological polar surface area (TPSA) is 64.9 Å². The lowest BCUT2D eigenvalue weighted by Gasteiger charge is -2.27. The van der Waals surface area contributed by atoms with Crippen LogP contribution >= 0.6 is 11.6 Å². The first-order valence-corrected chi connectivity index (χ1v) is 7.07. The van der Waals surface area contributed by atoms with E-state index in [1.54, 1.807) is 18.2 Å². The van der Waals surface area contributed by atoms with Crippen molar-refractivity contribution in [2.24, 2.45) is 0 Å². The van der Waals surface area contributed by atoms with Crippen molar-refractivity contribution in [3.05, 3.63) is 64.4 Å². The summed E-state index contributed by atoms with van der Waals surface area (Å²) in [7, 11) is 0. The molecule has 0 saturated carbocycles. The van der Waals surface area contributed by atoms with E-state index in [-0.39, 0.29) is 5.92 Å². The van der Waals surface area contributed by atoms with Crippen LogP contribution in [0, 0.1) is 0 Å². The average molecular weight is 298 g/mol. The molecule has 4 rings (SSSR count). The first kappa shape index (κ1) is 12.4. The van der Waals surface area contributed by atoms with Crippen molar-refractivity contribution >= 4 is 17.3 Å². The average Bonchev–Trinajstić information content (AvgIpc) is 2.89. The predicted molar refractivity (Wildman–Crippen MR) is 81.1 cm³/mol. The Balaban J connectivity index is 1.68. The molecule has 3 aromatic rings. The number of anilines is 1. The molecule has 4 nitrogen and oxygen atoms in total. The monoisotopic (exact) mass is 297 g/mol. The number of aromatic nitrogens is 2. The van der Waals surface area contributed by atoms with Crippen LogP contribution in [0.15, 0.2) is 47.0 Å². The van der Waals surface area contributed by atoms with E-state index in [9.17, 15) is 0 Å². The van der Waals surface area contributed by atoms with Gasteiger partial charge in [-0.3, -0.25) is 0 Å². The molecular weight excluding hydrogens is 286 g/mol. The highest BCUT2D eigenvalue weighted by Crippen LogP contribution is 2.39. The fourth-order valence-corrected chi connectivity index (χ4v) is 2.88. The van der Waals surface area contributed by atoms with Gasteiger partial charge in [-0.15, -0.1) is 0 Å². The fraction of sp³-hybridized carbons (Fsp3) is 0.125. The van der Waals surface area contributed by atoms with E-state index in [0.717, 1.165) is 6.42 Å². The maximum Gasteiger partial charge on any atom is 0.260 e. The predicted octanol–water partition coefficient (Wildman–Crippen LogP) is 3.66. The molecule has 1 atom stereocenters. The summed E-state index contributed by atoms with van der Waals surface area (Å²) in [6, 6.07) is 13.5. The summed E-state index contributed by atoms with van der Waals surface area (Å²) in [5, 5.41) is 4.69. The van der Waals surface area contributed by atoms with Gasteiger partial charge in [0.15, 0.2) is 5.82 Å². The van der Waals surface area contributed by atoms with Crippen LogP contribution in [0.3, 0.4) is 0 Å². The highest BCUT2D eigenvalue weighted by Gasteiger charge is 2.31. The molecular formula is C16H12ClN3O. The Bertz CT molecular complexity index is 828. The maximum atomic E-state index is 5.95. The Kier molecular flexibility index (Phi) is 2.72. The molecule has 1 heterocycles. The quantitative estimate of drug-likeness (QED) is 0.733. The molecule has 0 bridgehead atoms. The number of halogens is 1. The molecule has 0 saturated heterocycles. The zero-order valence-electron chi connectivity index (χ0n) is 11.1. The second-order valence-corrected chi connectivity index (χ2v) is 5.58. The number of benzene rings is 2. The van der Waals surface area contributed by atoms with Gasteiger partial charge in [0.25, 0.3) is 5.89 Å². The molecule has 0 fully saturated rings. The Morgan fingerprint density at radius 1 is 1.19 bits per heavy atom. The van der Waals surface area contributed by atoms with E-state index >= 15 is 0 Å². The van der Waals surface area contributed by atoms with Gasteiger partial charge >= 0.3 is 0 Å². The van der Waals surface area contributed by atoms with Crippen LogP contribution in [-0.2, 0) is 6.42 Å². The zero-order chi connectivity index (χ0) is 14.4. The number of nitrogen functional groups attached to an aromatic ring is 1. The third-order valence-corrected chi connectivity index (χ3v) is 4.09. The molecule has 0 aliphatic heterocycles. The van der Waals surface area contributed by atoms with E-state index < -0.39 is 0 Å². The highest BCUT2D eigenvalue weighted by molar-refractivity contribution is 6.31. The van der Waals surface area contributed by atoms with Crippen LogP contribution in [0.5, 0.6) is 0 Å². The van der Waals surface area contributed by atoms with Crippen molar-refractivity contribution < 1.29 is 4.52 Å². The van der Waals surface area contributed by atoms with Crippen LogP contribution in [0.2, 0.25) is 5.02 Å². The van der Waals surface area contributed by atoms with Crippen LogP contribution in [0.4, 0.5) is 5.69 Å². The van der Waals surface area contributed by atoms with Crippen LogP contribution in [0.25, 0.3) is 11.5 Å². The summed E-state index contributed by atoms with van der Waals surface area (Å²) < 4.78 is 5.36. The minimum atomic E-state index is 0.215. The normalized spacial score (nSPS) is 16.3. The van der Waals surface area contributed by atoms with E-state index in [1.165, 1.54) is 11.1 Å². The summed E-state index contributed by atoms with van der Waals surface area (Å²) in [4.78, 5) is 4.49. The second-order valence-electron chi connectivity index (χ2n) is 5.14. The molecule has 104 valence electrons. The van der Waals surface area contributed by atoms with Crippen LogP contribution < -0.4 is 5.73 Å². The number of nitrogens with zero attached hydrogens (tertiary/aromatic N) is 2. The van der Waals surface area contributed by atoms with Crippen molar-refractivity contribution in [3.8, 4) is 11.5 Å². The lowest BCUT2D eigenvalue weighted by molar-refractivity contribution is 0.416. The molecule has 0 amide bonds. The van der Waals surface area contributed by atoms with Gasteiger partial charge in [0.05, 0.1) is 11.5 Å². The van der Waals surface area contributed by atoms with Gasteiger partial charge in [-0.25, -0.2) is 0 Å². The van der Waals surface area contributed by atoms with Gasteiger partial charge in [0.2, 0.25) is 0 Å². The van der Waals surface area contributed by atoms with Crippen LogP contribution in [0.1, 0.15) is 22.9 Å². The second kappa shape index (κ2) is 4.60. The third-order valence-electron chi connectivity index (χ3n) is 3.85. The molecule has 5 heteroatoms. The fourth-order valence-electron chi connectivity index (χ4n) is 2.70. The zero-order valence-corrected chi connectivity index (χ0v) is 11.8. The molecule has 1 unspecified atom stereocenters. The van der Waals surface area contributed by atoms with Crippen molar-refractivity contribution in [1.29, 1.82) is 0 Å². The SMILES string of the molecule is Nc1cc(Cl)ccc1-c1nc(C2Cc3ccccc32)no1. The van der Waals surface area contributed by atoms with Gasteiger partial charge in [-0.1, -0.05) is 41.0 Å². The number of fused-ring (bicyclic) bond motifs is 1. The molecule has 1 aliphatic carbocycles. The van der Waals surface area contributed by atoms with Gasteiger partial charge in [0.1, 0.15) is 0 Å². The largest absolute Gasteiger partial charge is 0.398 e. The first-order valence-electron chi connectivity index (χ1n) is 6.69. The van der Waals surface area contributed by atoms with Gasteiger partial charge in [0, 0.05) is 10.7 Å². The Morgan fingerprint density at radius 3 is 2.86 bits per heavy atom. The smallest absolute Gasteiger partial charge is 0.260 e. The third kappa shape index (κ3) is 1.99. The molecule has 0 spiro atoms. The van der Waals surface area contributed by atoms with Crippen molar-refractivity contribution in [3.63, 3.8) is 0 Å². The van der Waals surface area contributed by atoms with Crippen molar-refractivity contribution in [1.82, 2.24) is 10.1 Å².